The summed E-state index contributed by atoms with van der Waals surface area (Å²) in [5.41, 5.74) is 12.6. The molecule has 0 aliphatic carbocycles. The maximum absolute atomic E-state index is 12.4. The van der Waals surface area contributed by atoms with Crippen molar-refractivity contribution >= 4 is 5.91 Å². The van der Waals surface area contributed by atoms with Gasteiger partial charge in [0.05, 0.1) is 5.41 Å². The SMILES string of the molecule is CC(C)(CN)C(=O)N1C[C@@H](N)[C@H](c2ccccc2)C1. The molecule has 19 heavy (non-hydrogen) atoms. The van der Waals surface area contributed by atoms with Crippen LogP contribution in [0.5, 0.6) is 0 Å². The molecule has 0 unspecified atom stereocenters. The van der Waals surface area contributed by atoms with Crippen LogP contribution in [-0.4, -0.2) is 36.5 Å². The Morgan fingerprint density at radius 3 is 2.53 bits per heavy atom. The van der Waals surface area contributed by atoms with Crippen LogP contribution in [0.15, 0.2) is 30.3 Å². The van der Waals surface area contributed by atoms with Crippen LogP contribution >= 0.6 is 0 Å². The van der Waals surface area contributed by atoms with E-state index in [4.69, 9.17) is 11.5 Å². The fourth-order valence-electron chi connectivity index (χ4n) is 2.56. The second-order valence-electron chi connectivity index (χ2n) is 5.98. The largest absolute Gasteiger partial charge is 0.340 e. The fourth-order valence-corrected chi connectivity index (χ4v) is 2.56. The maximum atomic E-state index is 12.4. The first-order valence-corrected chi connectivity index (χ1v) is 6.75. The van der Waals surface area contributed by atoms with E-state index in [1.54, 1.807) is 0 Å². The van der Waals surface area contributed by atoms with Crippen molar-refractivity contribution in [3.8, 4) is 0 Å². The van der Waals surface area contributed by atoms with Crippen molar-refractivity contribution in [2.45, 2.75) is 25.8 Å². The van der Waals surface area contributed by atoms with Crippen molar-refractivity contribution < 1.29 is 4.79 Å². The van der Waals surface area contributed by atoms with Crippen LogP contribution in [0.25, 0.3) is 0 Å². The predicted octanol–water partition coefficient (Wildman–Crippen LogP) is 0.925. The van der Waals surface area contributed by atoms with Gasteiger partial charge in [0.25, 0.3) is 0 Å². The lowest BCUT2D eigenvalue weighted by Gasteiger charge is -2.28. The highest BCUT2D eigenvalue weighted by molar-refractivity contribution is 5.82. The lowest BCUT2D eigenvalue weighted by atomic mass is 9.92. The van der Waals surface area contributed by atoms with E-state index in [-0.39, 0.29) is 17.9 Å². The second-order valence-corrected chi connectivity index (χ2v) is 5.98. The molecule has 1 aliphatic heterocycles. The van der Waals surface area contributed by atoms with E-state index in [0.29, 0.717) is 19.6 Å². The molecular weight excluding hydrogens is 238 g/mol. The third-order valence-electron chi connectivity index (χ3n) is 3.97. The molecule has 0 saturated carbocycles. The number of carbonyl (C=O) groups is 1. The minimum atomic E-state index is -0.509. The van der Waals surface area contributed by atoms with Crippen molar-refractivity contribution in [3.05, 3.63) is 35.9 Å². The summed E-state index contributed by atoms with van der Waals surface area (Å²) in [5.74, 6) is 0.322. The van der Waals surface area contributed by atoms with Gasteiger partial charge in [0.2, 0.25) is 5.91 Å². The highest BCUT2D eigenvalue weighted by Gasteiger charge is 2.38. The van der Waals surface area contributed by atoms with Gasteiger partial charge in [-0.2, -0.15) is 0 Å². The summed E-state index contributed by atoms with van der Waals surface area (Å²) < 4.78 is 0. The summed E-state index contributed by atoms with van der Waals surface area (Å²) in [7, 11) is 0. The molecule has 1 fully saturated rings. The van der Waals surface area contributed by atoms with Gasteiger partial charge >= 0.3 is 0 Å². The molecule has 4 heteroatoms. The van der Waals surface area contributed by atoms with Gasteiger partial charge < -0.3 is 16.4 Å². The summed E-state index contributed by atoms with van der Waals surface area (Å²) in [6.07, 6.45) is 0. The van der Waals surface area contributed by atoms with E-state index in [9.17, 15) is 4.79 Å². The Kier molecular flexibility index (Phi) is 3.92. The zero-order valence-electron chi connectivity index (χ0n) is 11.7. The van der Waals surface area contributed by atoms with Crippen LogP contribution in [0, 0.1) is 5.41 Å². The summed E-state index contributed by atoms with van der Waals surface area (Å²) >= 11 is 0. The number of benzene rings is 1. The lowest BCUT2D eigenvalue weighted by molar-refractivity contribution is -0.138. The predicted molar refractivity (Wildman–Crippen MR) is 76.6 cm³/mol. The monoisotopic (exact) mass is 261 g/mol. The van der Waals surface area contributed by atoms with Gasteiger partial charge in [-0.3, -0.25) is 4.79 Å². The van der Waals surface area contributed by atoms with Crippen molar-refractivity contribution in [1.29, 1.82) is 0 Å². The number of amides is 1. The van der Waals surface area contributed by atoms with Gasteiger partial charge in [0.1, 0.15) is 0 Å². The van der Waals surface area contributed by atoms with Crippen LogP contribution in [0.3, 0.4) is 0 Å². The molecular formula is C15H23N3O. The first-order chi connectivity index (χ1) is 8.95. The Balaban J connectivity index is 2.12. The average Bonchev–Trinajstić information content (AvgIpc) is 2.80. The van der Waals surface area contributed by atoms with Gasteiger partial charge in [0, 0.05) is 31.6 Å². The molecule has 1 aromatic carbocycles. The Labute approximate surface area is 114 Å². The quantitative estimate of drug-likeness (QED) is 0.850. The molecule has 0 spiro atoms. The van der Waals surface area contributed by atoms with Crippen molar-refractivity contribution in [2.24, 2.45) is 16.9 Å². The van der Waals surface area contributed by atoms with Crippen molar-refractivity contribution in [1.82, 2.24) is 4.90 Å². The first kappa shape index (κ1) is 14.0. The molecule has 0 radical (unpaired) electrons. The van der Waals surface area contributed by atoms with E-state index in [2.05, 4.69) is 12.1 Å². The first-order valence-electron chi connectivity index (χ1n) is 6.75. The number of nitrogens with two attached hydrogens (primary N) is 2. The summed E-state index contributed by atoms with van der Waals surface area (Å²) in [5, 5.41) is 0. The standard InChI is InChI=1S/C15H23N3O/c1-15(2,10-16)14(19)18-8-12(13(17)9-18)11-6-4-3-5-7-11/h3-7,12-13H,8-10,16-17H2,1-2H3/t12-,13+/m0/s1. The normalized spacial score (nSPS) is 23.7. The zero-order valence-corrected chi connectivity index (χ0v) is 11.7. The minimum Gasteiger partial charge on any atom is -0.340 e. The fraction of sp³-hybridized carbons (Fsp3) is 0.533. The number of rotatable bonds is 3. The number of likely N-dealkylation sites (tertiary alicyclic amines) is 1. The van der Waals surface area contributed by atoms with Crippen LogP contribution in [0.4, 0.5) is 0 Å². The highest BCUT2D eigenvalue weighted by Crippen LogP contribution is 2.29. The van der Waals surface area contributed by atoms with Gasteiger partial charge in [0.15, 0.2) is 0 Å². The number of nitrogens with zero attached hydrogens (tertiary/aromatic N) is 1. The highest BCUT2D eigenvalue weighted by atomic mass is 16.2. The molecule has 2 rings (SSSR count). The second kappa shape index (κ2) is 5.31. The van der Waals surface area contributed by atoms with Crippen LogP contribution in [0.2, 0.25) is 0 Å². The molecule has 2 atom stereocenters. The van der Waals surface area contributed by atoms with Gasteiger partial charge in [-0.05, 0) is 19.4 Å². The zero-order chi connectivity index (χ0) is 14.0. The third-order valence-corrected chi connectivity index (χ3v) is 3.97. The minimum absolute atomic E-state index is 0.0000699. The summed E-state index contributed by atoms with van der Waals surface area (Å²) in [6.45, 7) is 5.43. The maximum Gasteiger partial charge on any atom is 0.229 e. The molecule has 1 amide bonds. The number of hydrogen-bond acceptors (Lipinski definition) is 3. The molecule has 1 aliphatic rings. The van der Waals surface area contributed by atoms with E-state index in [0.717, 1.165) is 0 Å². The smallest absolute Gasteiger partial charge is 0.229 e. The Hall–Kier alpha value is -1.39. The van der Waals surface area contributed by atoms with Crippen LogP contribution < -0.4 is 11.5 Å². The molecule has 1 heterocycles. The van der Waals surface area contributed by atoms with E-state index in [1.165, 1.54) is 5.56 Å². The lowest BCUT2D eigenvalue weighted by Crippen LogP contribution is -2.44. The van der Waals surface area contributed by atoms with Crippen molar-refractivity contribution in [2.75, 3.05) is 19.6 Å². The molecule has 1 saturated heterocycles. The Morgan fingerprint density at radius 1 is 1.32 bits per heavy atom. The third kappa shape index (κ3) is 2.80. The molecule has 4 nitrogen and oxygen atoms in total. The summed E-state index contributed by atoms with van der Waals surface area (Å²) in [4.78, 5) is 14.3. The van der Waals surface area contributed by atoms with E-state index >= 15 is 0 Å². The molecule has 104 valence electrons. The number of hydrogen-bond donors (Lipinski definition) is 2. The Bertz CT molecular complexity index is 444. The van der Waals surface area contributed by atoms with Crippen LogP contribution in [-0.2, 0) is 4.79 Å². The molecule has 4 N–H and O–H groups in total. The van der Waals surface area contributed by atoms with Gasteiger partial charge in [-0.1, -0.05) is 30.3 Å². The molecule has 0 bridgehead atoms. The number of carbonyl (C=O) groups excluding carboxylic acids is 1. The van der Waals surface area contributed by atoms with Crippen LogP contribution in [0.1, 0.15) is 25.3 Å². The average molecular weight is 261 g/mol. The molecule has 0 aromatic heterocycles. The van der Waals surface area contributed by atoms with E-state index in [1.807, 2.05) is 36.9 Å². The summed E-state index contributed by atoms with van der Waals surface area (Å²) in [6, 6.07) is 10.2. The Morgan fingerprint density at radius 2 is 1.95 bits per heavy atom. The topological polar surface area (TPSA) is 72.4 Å². The van der Waals surface area contributed by atoms with E-state index < -0.39 is 5.41 Å². The van der Waals surface area contributed by atoms with Crippen molar-refractivity contribution in [3.63, 3.8) is 0 Å². The van der Waals surface area contributed by atoms with Gasteiger partial charge in [-0.15, -0.1) is 0 Å². The van der Waals surface area contributed by atoms with Gasteiger partial charge in [-0.25, -0.2) is 0 Å². The molecule has 1 aromatic rings.